The lowest BCUT2D eigenvalue weighted by Gasteiger charge is -2.15. The van der Waals surface area contributed by atoms with Crippen LogP contribution < -0.4 is 4.90 Å². The van der Waals surface area contributed by atoms with Crippen LogP contribution in [0.3, 0.4) is 0 Å². The fourth-order valence-corrected chi connectivity index (χ4v) is 1.67. The Morgan fingerprint density at radius 1 is 1.36 bits per heavy atom. The predicted molar refractivity (Wildman–Crippen MR) is 55.1 cm³/mol. The molecule has 1 N–H and O–H groups in total. The first-order valence-electron chi connectivity index (χ1n) is 4.78. The molecule has 0 amide bonds. The van der Waals surface area contributed by atoms with Crippen molar-refractivity contribution >= 4 is 12.0 Å². The van der Waals surface area contributed by atoms with Gasteiger partial charge in [0.15, 0.2) is 0 Å². The van der Waals surface area contributed by atoms with Crippen molar-refractivity contribution in [1.82, 2.24) is 4.98 Å². The highest BCUT2D eigenvalue weighted by Crippen LogP contribution is 2.16. The molecule has 1 aliphatic heterocycles. The summed E-state index contributed by atoms with van der Waals surface area (Å²) in [6.45, 7) is 2.20. The van der Waals surface area contributed by atoms with Gasteiger partial charge in [-0.1, -0.05) is 5.16 Å². The zero-order chi connectivity index (χ0) is 9.80. The maximum atomic E-state index is 8.33. The molecule has 4 nitrogen and oxygen atoms in total. The van der Waals surface area contributed by atoms with E-state index in [0.29, 0.717) is 0 Å². The van der Waals surface area contributed by atoms with Crippen LogP contribution in [-0.4, -0.2) is 29.5 Å². The van der Waals surface area contributed by atoms with Gasteiger partial charge in [0.05, 0.1) is 6.21 Å². The third-order valence-electron chi connectivity index (χ3n) is 2.41. The molecule has 14 heavy (non-hydrogen) atoms. The van der Waals surface area contributed by atoms with E-state index in [9.17, 15) is 0 Å². The minimum Gasteiger partial charge on any atom is -0.411 e. The van der Waals surface area contributed by atoms with Gasteiger partial charge in [-0.3, -0.25) is 0 Å². The van der Waals surface area contributed by atoms with Crippen LogP contribution in [0.4, 0.5) is 5.82 Å². The zero-order valence-electron chi connectivity index (χ0n) is 7.93. The first kappa shape index (κ1) is 8.99. The van der Waals surface area contributed by atoms with Crippen molar-refractivity contribution in [2.24, 2.45) is 5.16 Å². The molecular weight excluding hydrogens is 178 g/mol. The van der Waals surface area contributed by atoms with E-state index in [2.05, 4.69) is 15.0 Å². The van der Waals surface area contributed by atoms with Crippen molar-refractivity contribution in [3.05, 3.63) is 23.9 Å². The van der Waals surface area contributed by atoms with Gasteiger partial charge >= 0.3 is 0 Å². The molecule has 2 heterocycles. The molecule has 2 rings (SSSR count). The molecule has 0 aromatic carbocycles. The molecule has 0 atom stereocenters. The van der Waals surface area contributed by atoms with Crippen molar-refractivity contribution in [3.8, 4) is 0 Å². The minimum absolute atomic E-state index is 0.815. The average Bonchev–Trinajstić information content (AvgIpc) is 2.72. The Bertz CT molecular complexity index is 315. The Morgan fingerprint density at radius 3 is 2.71 bits per heavy atom. The van der Waals surface area contributed by atoms with Crippen LogP contribution in [-0.2, 0) is 0 Å². The maximum Gasteiger partial charge on any atom is 0.128 e. The van der Waals surface area contributed by atoms with Crippen LogP contribution in [0.15, 0.2) is 23.5 Å². The SMILES string of the molecule is O/N=C/c1ccc(N2CCCC2)nc1. The van der Waals surface area contributed by atoms with E-state index in [-0.39, 0.29) is 0 Å². The van der Waals surface area contributed by atoms with E-state index in [1.54, 1.807) is 6.20 Å². The standard InChI is InChI=1S/C10H13N3O/c14-12-8-9-3-4-10(11-7-9)13-5-1-2-6-13/h3-4,7-8,14H,1-2,5-6H2/b12-8+. The van der Waals surface area contributed by atoms with Crippen molar-refractivity contribution in [2.45, 2.75) is 12.8 Å². The number of hydrogen-bond acceptors (Lipinski definition) is 4. The molecule has 4 heteroatoms. The molecular formula is C10H13N3O. The third-order valence-corrected chi connectivity index (χ3v) is 2.41. The lowest BCUT2D eigenvalue weighted by molar-refractivity contribution is 0.322. The first-order chi connectivity index (χ1) is 6.90. The Balaban J connectivity index is 2.12. The second-order valence-electron chi connectivity index (χ2n) is 3.39. The first-order valence-corrected chi connectivity index (χ1v) is 4.78. The number of anilines is 1. The monoisotopic (exact) mass is 191 g/mol. The van der Waals surface area contributed by atoms with Crippen molar-refractivity contribution in [3.63, 3.8) is 0 Å². The van der Waals surface area contributed by atoms with E-state index in [1.807, 2.05) is 12.1 Å². The Hall–Kier alpha value is -1.58. The molecule has 1 aromatic heterocycles. The third kappa shape index (κ3) is 1.84. The number of rotatable bonds is 2. The summed E-state index contributed by atoms with van der Waals surface area (Å²) in [5.41, 5.74) is 0.815. The quantitative estimate of drug-likeness (QED) is 0.437. The number of oxime groups is 1. The average molecular weight is 191 g/mol. The predicted octanol–water partition coefficient (Wildman–Crippen LogP) is 1.49. The topological polar surface area (TPSA) is 48.7 Å². The van der Waals surface area contributed by atoms with Crippen LogP contribution in [0.1, 0.15) is 18.4 Å². The summed E-state index contributed by atoms with van der Waals surface area (Å²) in [5, 5.41) is 11.3. The second kappa shape index (κ2) is 4.09. The molecule has 74 valence electrons. The largest absolute Gasteiger partial charge is 0.411 e. The fourth-order valence-electron chi connectivity index (χ4n) is 1.67. The van der Waals surface area contributed by atoms with E-state index in [1.165, 1.54) is 19.1 Å². The number of nitrogens with zero attached hydrogens (tertiary/aromatic N) is 3. The normalized spacial score (nSPS) is 16.7. The van der Waals surface area contributed by atoms with Crippen LogP contribution in [0, 0.1) is 0 Å². The molecule has 0 radical (unpaired) electrons. The Morgan fingerprint density at radius 2 is 2.14 bits per heavy atom. The molecule has 0 aliphatic carbocycles. The second-order valence-corrected chi connectivity index (χ2v) is 3.39. The van der Waals surface area contributed by atoms with Gasteiger partial charge in [0, 0.05) is 24.8 Å². The lowest BCUT2D eigenvalue weighted by atomic mass is 10.3. The van der Waals surface area contributed by atoms with Gasteiger partial charge in [0.2, 0.25) is 0 Å². The van der Waals surface area contributed by atoms with Gasteiger partial charge < -0.3 is 10.1 Å². The molecule has 0 saturated carbocycles. The van der Waals surface area contributed by atoms with E-state index in [0.717, 1.165) is 24.5 Å². The molecule has 0 spiro atoms. The fraction of sp³-hybridized carbons (Fsp3) is 0.400. The van der Waals surface area contributed by atoms with E-state index >= 15 is 0 Å². The molecule has 1 aliphatic rings. The smallest absolute Gasteiger partial charge is 0.128 e. The summed E-state index contributed by atoms with van der Waals surface area (Å²) >= 11 is 0. The van der Waals surface area contributed by atoms with Crippen LogP contribution in [0.2, 0.25) is 0 Å². The summed E-state index contributed by atoms with van der Waals surface area (Å²) in [6, 6.07) is 3.86. The molecule has 0 bridgehead atoms. The number of pyridine rings is 1. The van der Waals surface area contributed by atoms with Gasteiger partial charge in [-0.15, -0.1) is 0 Å². The maximum absolute atomic E-state index is 8.33. The number of hydrogen-bond donors (Lipinski definition) is 1. The lowest BCUT2D eigenvalue weighted by Crippen LogP contribution is -2.18. The highest BCUT2D eigenvalue weighted by atomic mass is 16.4. The Kier molecular flexibility index (Phi) is 2.62. The number of aromatic nitrogens is 1. The van der Waals surface area contributed by atoms with Gasteiger partial charge in [-0.05, 0) is 25.0 Å². The van der Waals surface area contributed by atoms with Gasteiger partial charge in [-0.2, -0.15) is 0 Å². The van der Waals surface area contributed by atoms with E-state index < -0.39 is 0 Å². The van der Waals surface area contributed by atoms with Crippen LogP contribution in [0.25, 0.3) is 0 Å². The summed E-state index contributed by atoms with van der Waals surface area (Å²) in [4.78, 5) is 6.57. The Labute approximate surface area is 82.9 Å². The molecule has 1 aromatic rings. The summed E-state index contributed by atoms with van der Waals surface area (Å²) < 4.78 is 0. The van der Waals surface area contributed by atoms with Crippen LogP contribution in [0.5, 0.6) is 0 Å². The van der Waals surface area contributed by atoms with Crippen molar-refractivity contribution in [1.29, 1.82) is 0 Å². The summed E-state index contributed by atoms with van der Waals surface area (Å²) in [5.74, 6) is 1.01. The summed E-state index contributed by atoms with van der Waals surface area (Å²) in [6.07, 6.45) is 5.59. The minimum atomic E-state index is 0.815. The van der Waals surface area contributed by atoms with E-state index in [4.69, 9.17) is 5.21 Å². The van der Waals surface area contributed by atoms with Crippen LogP contribution >= 0.6 is 0 Å². The summed E-state index contributed by atoms with van der Waals surface area (Å²) in [7, 11) is 0. The van der Waals surface area contributed by atoms with Gasteiger partial charge in [0.1, 0.15) is 5.82 Å². The van der Waals surface area contributed by atoms with Gasteiger partial charge in [-0.25, -0.2) is 4.98 Å². The van der Waals surface area contributed by atoms with Gasteiger partial charge in [0.25, 0.3) is 0 Å². The van der Waals surface area contributed by atoms with Crippen molar-refractivity contribution < 1.29 is 5.21 Å². The zero-order valence-corrected chi connectivity index (χ0v) is 7.93. The molecule has 0 unspecified atom stereocenters. The highest BCUT2D eigenvalue weighted by molar-refractivity contribution is 5.78. The molecule has 1 fully saturated rings. The van der Waals surface area contributed by atoms with Crippen molar-refractivity contribution in [2.75, 3.05) is 18.0 Å². The highest BCUT2D eigenvalue weighted by Gasteiger charge is 2.12. The molecule has 1 saturated heterocycles.